The van der Waals surface area contributed by atoms with Gasteiger partial charge in [0.15, 0.2) is 0 Å². The fraction of sp³-hybridized carbons (Fsp3) is 0.417. The highest BCUT2D eigenvalue weighted by molar-refractivity contribution is 9.10. The van der Waals surface area contributed by atoms with Gasteiger partial charge in [0, 0.05) is 17.8 Å². The van der Waals surface area contributed by atoms with Crippen molar-refractivity contribution in [1.82, 2.24) is 0 Å². The second-order valence-corrected chi connectivity index (χ2v) is 5.47. The maximum Gasteiger partial charge on any atom is 0.283 e. The highest BCUT2D eigenvalue weighted by Gasteiger charge is 2.30. The fourth-order valence-corrected chi connectivity index (χ4v) is 2.81. The first-order chi connectivity index (χ1) is 8.99. The molecule has 7 heteroatoms. The largest absolute Gasteiger partial charge is 0.327 e. The van der Waals surface area contributed by atoms with Gasteiger partial charge in [0.25, 0.3) is 5.69 Å². The molecule has 1 aliphatic rings. The maximum atomic E-state index is 12.0. The SMILES string of the molecule is NC1CCCC1C(=O)Nc1ccc([N+](=O)[O-])c(Br)c1. The van der Waals surface area contributed by atoms with Gasteiger partial charge < -0.3 is 11.1 Å². The highest BCUT2D eigenvalue weighted by atomic mass is 79.9. The number of hydrogen-bond acceptors (Lipinski definition) is 4. The van der Waals surface area contributed by atoms with Crippen molar-refractivity contribution in [3.63, 3.8) is 0 Å². The Bertz CT molecular complexity index is 521. The lowest BCUT2D eigenvalue weighted by molar-refractivity contribution is -0.385. The summed E-state index contributed by atoms with van der Waals surface area (Å²) in [5.74, 6) is -0.292. The van der Waals surface area contributed by atoms with E-state index in [0.717, 1.165) is 19.3 Å². The minimum absolute atomic E-state index is 0.0319. The molecule has 1 amide bonds. The molecule has 2 unspecified atom stereocenters. The van der Waals surface area contributed by atoms with Crippen LogP contribution in [0.2, 0.25) is 0 Å². The summed E-state index contributed by atoms with van der Waals surface area (Å²) in [6.07, 6.45) is 2.62. The molecule has 1 aliphatic carbocycles. The van der Waals surface area contributed by atoms with Gasteiger partial charge in [-0.2, -0.15) is 0 Å². The van der Waals surface area contributed by atoms with Crippen molar-refractivity contribution >= 4 is 33.2 Å². The van der Waals surface area contributed by atoms with Crippen molar-refractivity contribution in [3.05, 3.63) is 32.8 Å². The molecular formula is C12H14BrN3O3. The van der Waals surface area contributed by atoms with Crippen LogP contribution >= 0.6 is 15.9 Å². The summed E-state index contributed by atoms with van der Waals surface area (Å²) in [5.41, 5.74) is 6.37. The number of carbonyl (C=O) groups is 1. The van der Waals surface area contributed by atoms with E-state index in [1.54, 1.807) is 0 Å². The third-order valence-electron chi connectivity index (χ3n) is 3.32. The van der Waals surface area contributed by atoms with Crippen LogP contribution in [-0.4, -0.2) is 16.9 Å². The number of benzene rings is 1. The third kappa shape index (κ3) is 3.10. The van der Waals surface area contributed by atoms with Gasteiger partial charge in [-0.1, -0.05) is 6.42 Å². The molecule has 2 atom stereocenters. The van der Waals surface area contributed by atoms with Gasteiger partial charge in [-0.25, -0.2) is 0 Å². The summed E-state index contributed by atoms with van der Waals surface area (Å²) in [7, 11) is 0. The number of nitrogens with zero attached hydrogens (tertiary/aromatic N) is 1. The zero-order valence-electron chi connectivity index (χ0n) is 10.1. The summed E-state index contributed by atoms with van der Waals surface area (Å²) in [4.78, 5) is 22.2. The second-order valence-electron chi connectivity index (χ2n) is 4.61. The molecule has 6 nitrogen and oxygen atoms in total. The van der Waals surface area contributed by atoms with Crippen LogP contribution in [0.15, 0.2) is 22.7 Å². The van der Waals surface area contributed by atoms with Crippen molar-refractivity contribution in [2.45, 2.75) is 25.3 Å². The average molecular weight is 328 g/mol. The van der Waals surface area contributed by atoms with Crippen LogP contribution in [0, 0.1) is 16.0 Å². The molecule has 0 saturated heterocycles. The molecular weight excluding hydrogens is 314 g/mol. The third-order valence-corrected chi connectivity index (χ3v) is 3.95. The van der Waals surface area contributed by atoms with E-state index in [4.69, 9.17) is 5.73 Å². The van der Waals surface area contributed by atoms with Gasteiger partial charge in [0.2, 0.25) is 5.91 Å². The summed E-state index contributed by atoms with van der Waals surface area (Å²) in [6.45, 7) is 0. The first-order valence-corrected chi connectivity index (χ1v) is 6.78. The smallest absolute Gasteiger partial charge is 0.283 e. The van der Waals surface area contributed by atoms with Crippen molar-refractivity contribution in [2.24, 2.45) is 11.7 Å². The number of nitro benzene ring substituents is 1. The Morgan fingerprint density at radius 1 is 1.47 bits per heavy atom. The second kappa shape index (κ2) is 5.66. The molecule has 0 aromatic heterocycles. The van der Waals surface area contributed by atoms with E-state index < -0.39 is 4.92 Å². The normalized spacial score (nSPS) is 22.2. The molecule has 0 heterocycles. The maximum absolute atomic E-state index is 12.0. The number of amides is 1. The predicted molar refractivity (Wildman–Crippen MR) is 74.7 cm³/mol. The van der Waals surface area contributed by atoms with Crippen molar-refractivity contribution in [1.29, 1.82) is 0 Å². The van der Waals surface area contributed by atoms with E-state index in [2.05, 4.69) is 21.2 Å². The number of hydrogen-bond donors (Lipinski definition) is 2. The minimum atomic E-state index is -0.484. The number of rotatable bonds is 3. The lowest BCUT2D eigenvalue weighted by Gasteiger charge is -2.15. The topological polar surface area (TPSA) is 98.3 Å². The molecule has 1 aromatic carbocycles. The van der Waals surface area contributed by atoms with E-state index >= 15 is 0 Å². The predicted octanol–water partition coefficient (Wildman–Crippen LogP) is 2.42. The number of nitrogens with one attached hydrogen (secondary N) is 1. The Kier molecular flexibility index (Phi) is 4.16. The van der Waals surface area contributed by atoms with Gasteiger partial charge in [-0.05, 0) is 40.9 Å². The van der Waals surface area contributed by atoms with E-state index in [1.807, 2.05) is 0 Å². The van der Waals surface area contributed by atoms with Crippen molar-refractivity contribution < 1.29 is 9.72 Å². The zero-order chi connectivity index (χ0) is 14.0. The highest BCUT2D eigenvalue weighted by Crippen LogP contribution is 2.29. The number of carbonyl (C=O) groups excluding carboxylic acids is 1. The zero-order valence-corrected chi connectivity index (χ0v) is 11.7. The van der Waals surface area contributed by atoms with Gasteiger partial charge in [-0.15, -0.1) is 0 Å². The fourth-order valence-electron chi connectivity index (χ4n) is 2.28. The van der Waals surface area contributed by atoms with Crippen LogP contribution < -0.4 is 11.1 Å². The first-order valence-electron chi connectivity index (χ1n) is 5.99. The standard InChI is InChI=1S/C12H14BrN3O3/c13-9-6-7(4-5-11(9)16(18)19)15-12(17)8-2-1-3-10(8)14/h4-6,8,10H,1-3,14H2,(H,15,17). The van der Waals surface area contributed by atoms with Crippen molar-refractivity contribution in [3.8, 4) is 0 Å². The van der Waals surface area contributed by atoms with Crippen LogP contribution in [0.4, 0.5) is 11.4 Å². The van der Waals surface area contributed by atoms with E-state index in [9.17, 15) is 14.9 Å². The van der Waals surface area contributed by atoms with E-state index in [1.165, 1.54) is 18.2 Å². The van der Waals surface area contributed by atoms with E-state index in [0.29, 0.717) is 10.2 Å². The molecule has 2 rings (SSSR count). The Labute approximate surface area is 118 Å². The summed E-state index contributed by atoms with van der Waals surface area (Å²) in [5, 5.41) is 13.4. The van der Waals surface area contributed by atoms with Gasteiger partial charge in [-0.3, -0.25) is 14.9 Å². The molecule has 19 heavy (non-hydrogen) atoms. The Morgan fingerprint density at radius 2 is 2.21 bits per heavy atom. The number of nitro groups is 1. The molecule has 0 radical (unpaired) electrons. The molecule has 0 spiro atoms. The number of halogens is 1. The monoisotopic (exact) mass is 327 g/mol. The van der Waals surface area contributed by atoms with Gasteiger partial charge in [0.05, 0.1) is 15.3 Å². The van der Waals surface area contributed by atoms with Crippen LogP contribution in [-0.2, 0) is 4.79 Å². The van der Waals surface area contributed by atoms with Crippen LogP contribution in [0.25, 0.3) is 0 Å². The molecule has 1 fully saturated rings. The summed E-state index contributed by atoms with van der Waals surface area (Å²) >= 11 is 3.12. The van der Waals surface area contributed by atoms with Gasteiger partial charge >= 0.3 is 0 Å². The van der Waals surface area contributed by atoms with Crippen LogP contribution in [0.1, 0.15) is 19.3 Å². The summed E-state index contributed by atoms with van der Waals surface area (Å²) < 4.78 is 0.339. The van der Waals surface area contributed by atoms with Gasteiger partial charge in [0.1, 0.15) is 0 Å². The molecule has 0 bridgehead atoms. The molecule has 1 aromatic rings. The lowest BCUT2D eigenvalue weighted by atomic mass is 10.0. The molecule has 102 valence electrons. The Morgan fingerprint density at radius 3 is 2.74 bits per heavy atom. The molecule has 0 aliphatic heterocycles. The van der Waals surface area contributed by atoms with E-state index in [-0.39, 0.29) is 23.6 Å². The average Bonchev–Trinajstić information content (AvgIpc) is 2.75. The number of nitrogens with two attached hydrogens (primary N) is 1. The van der Waals surface area contributed by atoms with Crippen LogP contribution in [0.5, 0.6) is 0 Å². The first kappa shape index (κ1) is 14.0. The Hall–Kier alpha value is -1.47. The Balaban J connectivity index is 2.09. The summed E-state index contributed by atoms with van der Waals surface area (Å²) in [6, 6.07) is 4.30. The van der Waals surface area contributed by atoms with Crippen molar-refractivity contribution in [2.75, 3.05) is 5.32 Å². The number of anilines is 1. The van der Waals surface area contributed by atoms with Crippen LogP contribution in [0.3, 0.4) is 0 Å². The molecule has 1 saturated carbocycles. The quantitative estimate of drug-likeness (QED) is 0.657. The molecule has 3 N–H and O–H groups in total. The lowest BCUT2D eigenvalue weighted by Crippen LogP contribution is -2.34. The minimum Gasteiger partial charge on any atom is -0.327 e.